The Hall–Kier alpha value is -4.08. The molecule has 1 N–H and O–H groups in total. The number of aromatic nitrogens is 5. The number of halogens is 1. The zero-order valence-corrected chi connectivity index (χ0v) is 16.2. The van der Waals surface area contributed by atoms with E-state index in [0.717, 1.165) is 11.3 Å². The van der Waals surface area contributed by atoms with Crippen molar-refractivity contribution < 1.29 is 18.4 Å². The summed E-state index contributed by atoms with van der Waals surface area (Å²) in [6.07, 6.45) is 1.38. The van der Waals surface area contributed by atoms with Crippen LogP contribution < -0.4 is 10.1 Å². The number of carbonyl (C=O) groups excluding carboxylic acids is 1. The van der Waals surface area contributed by atoms with Crippen molar-refractivity contribution in [1.29, 1.82) is 0 Å². The van der Waals surface area contributed by atoms with Gasteiger partial charge in [0.25, 0.3) is 5.91 Å². The molecule has 4 rings (SSSR count). The van der Waals surface area contributed by atoms with Gasteiger partial charge in [-0.25, -0.2) is 9.07 Å². The van der Waals surface area contributed by atoms with E-state index in [1.807, 2.05) is 13.8 Å². The van der Waals surface area contributed by atoms with E-state index < -0.39 is 11.7 Å². The van der Waals surface area contributed by atoms with Gasteiger partial charge in [0.1, 0.15) is 30.3 Å². The lowest BCUT2D eigenvalue weighted by Gasteiger charge is -2.10. The van der Waals surface area contributed by atoms with Gasteiger partial charge in [0, 0.05) is 5.56 Å². The molecule has 152 valence electrons. The summed E-state index contributed by atoms with van der Waals surface area (Å²) < 4.78 is 26.3. The fraction of sp³-hybridized carbons (Fsp3) is 0.150. The fourth-order valence-corrected chi connectivity index (χ4v) is 2.79. The summed E-state index contributed by atoms with van der Waals surface area (Å²) in [4.78, 5) is 12.5. The van der Waals surface area contributed by atoms with Crippen molar-refractivity contribution in [2.75, 3.05) is 5.32 Å². The number of nitrogens with zero attached hydrogens (tertiary/aromatic N) is 5. The monoisotopic (exact) mass is 408 g/mol. The van der Waals surface area contributed by atoms with Gasteiger partial charge in [-0.3, -0.25) is 4.79 Å². The predicted octanol–water partition coefficient (Wildman–Crippen LogP) is 3.24. The van der Waals surface area contributed by atoms with E-state index in [1.54, 1.807) is 24.3 Å². The van der Waals surface area contributed by atoms with Gasteiger partial charge in [-0.05, 0) is 66.7 Å². The van der Waals surface area contributed by atoms with Gasteiger partial charge in [0.15, 0.2) is 0 Å². The first-order chi connectivity index (χ1) is 14.5. The van der Waals surface area contributed by atoms with Crippen molar-refractivity contribution in [2.24, 2.45) is 0 Å². The third kappa shape index (κ3) is 4.02. The van der Waals surface area contributed by atoms with Crippen LogP contribution in [0, 0.1) is 19.7 Å². The van der Waals surface area contributed by atoms with E-state index in [9.17, 15) is 9.18 Å². The minimum Gasteiger partial charge on any atom is -0.489 e. The van der Waals surface area contributed by atoms with E-state index in [-0.39, 0.29) is 5.69 Å². The number of hydrogen-bond donors (Lipinski definition) is 1. The van der Waals surface area contributed by atoms with Crippen molar-refractivity contribution in [3.05, 3.63) is 77.2 Å². The average Bonchev–Trinajstić information content (AvgIpc) is 3.39. The highest BCUT2D eigenvalue weighted by atomic mass is 19.1. The normalized spacial score (nSPS) is 10.8. The zero-order valence-electron chi connectivity index (χ0n) is 16.2. The molecule has 10 heteroatoms. The number of amides is 1. The van der Waals surface area contributed by atoms with Crippen LogP contribution in [0.1, 0.15) is 27.4 Å². The summed E-state index contributed by atoms with van der Waals surface area (Å²) in [6.45, 7) is 3.97. The minimum absolute atomic E-state index is 0.0201. The minimum atomic E-state index is -0.570. The first-order valence-electron chi connectivity index (χ1n) is 9.00. The molecule has 0 unspecified atom stereocenters. The Labute approximate surface area is 170 Å². The van der Waals surface area contributed by atoms with E-state index in [1.165, 1.54) is 29.2 Å². The van der Waals surface area contributed by atoms with Crippen LogP contribution in [0.2, 0.25) is 0 Å². The number of aryl methyl sites for hydroxylation is 2. The fourth-order valence-electron chi connectivity index (χ4n) is 2.79. The number of ether oxygens (including phenoxy) is 1. The van der Waals surface area contributed by atoms with Gasteiger partial charge < -0.3 is 14.6 Å². The number of carbonyl (C=O) groups is 1. The lowest BCUT2D eigenvalue weighted by molar-refractivity contribution is 0.102. The SMILES string of the molecule is Cc1noc(C)c1COc1ccc(C(=O)Nc2cc(-n3cnnn3)ccc2F)cc1. The summed E-state index contributed by atoms with van der Waals surface area (Å²) in [5.74, 6) is 0.257. The molecular formula is C20H17FN6O3. The molecule has 0 saturated heterocycles. The molecule has 2 aromatic heterocycles. The molecule has 0 spiro atoms. The molecule has 9 nitrogen and oxygen atoms in total. The maximum absolute atomic E-state index is 14.1. The number of benzene rings is 2. The Morgan fingerprint density at radius 1 is 1.20 bits per heavy atom. The van der Waals surface area contributed by atoms with Crippen LogP contribution in [0.3, 0.4) is 0 Å². The molecule has 30 heavy (non-hydrogen) atoms. The topological polar surface area (TPSA) is 108 Å². The summed E-state index contributed by atoms with van der Waals surface area (Å²) in [5.41, 5.74) is 2.54. The predicted molar refractivity (Wildman–Crippen MR) is 104 cm³/mol. The third-order valence-electron chi connectivity index (χ3n) is 4.49. The first-order valence-corrected chi connectivity index (χ1v) is 9.00. The highest BCUT2D eigenvalue weighted by molar-refractivity contribution is 6.04. The van der Waals surface area contributed by atoms with E-state index in [4.69, 9.17) is 9.26 Å². The maximum Gasteiger partial charge on any atom is 0.255 e. The van der Waals surface area contributed by atoms with Gasteiger partial charge >= 0.3 is 0 Å². The summed E-state index contributed by atoms with van der Waals surface area (Å²) in [5, 5.41) is 17.3. The van der Waals surface area contributed by atoms with Crippen LogP contribution >= 0.6 is 0 Å². The Morgan fingerprint density at radius 2 is 2.00 bits per heavy atom. The van der Waals surface area contributed by atoms with Crippen LogP contribution in [0.4, 0.5) is 10.1 Å². The van der Waals surface area contributed by atoms with Gasteiger partial charge in [-0.1, -0.05) is 5.16 Å². The molecule has 0 fully saturated rings. The molecule has 4 aromatic rings. The van der Waals surface area contributed by atoms with Crippen molar-refractivity contribution in [1.82, 2.24) is 25.4 Å². The summed E-state index contributed by atoms with van der Waals surface area (Å²) in [6, 6.07) is 10.7. The van der Waals surface area contributed by atoms with Crippen LogP contribution in [0.25, 0.3) is 5.69 Å². The molecule has 0 aliphatic carbocycles. The molecule has 0 bridgehead atoms. The molecule has 2 aromatic carbocycles. The molecule has 1 amide bonds. The van der Waals surface area contributed by atoms with Crippen LogP contribution in [-0.2, 0) is 6.61 Å². The van der Waals surface area contributed by atoms with E-state index in [0.29, 0.717) is 29.4 Å². The Morgan fingerprint density at radius 3 is 2.67 bits per heavy atom. The molecule has 0 atom stereocenters. The zero-order chi connectivity index (χ0) is 21.1. The van der Waals surface area contributed by atoms with E-state index >= 15 is 0 Å². The number of nitrogens with one attached hydrogen (secondary N) is 1. The van der Waals surface area contributed by atoms with Crippen LogP contribution in [0.5, 0.6) is 5.75 Å². The Balaban J connectivity index is 1.43. The average molecular weight is 408 g/mol. The Kier molecular flexibility index (Phi) is 5.21. The smallest absolute Gasteiger partial charge is 0.255 e. The quantitative estimate of drug-likeness (QED) is 0.522. The molecule has 0 aliphatic rings. The van der Waals surface area contributed by atoms with Gasteiger partial charge in [0.05, 0.1) is 22.6 Å². The number of tetrazole rings is 1. The van der Waals surface area contributed by atoms with Crippen molar-refractivity contribution in [3.63, 3.8) is 0 Å². The number of rotatable bonds is 6. The summed E-state index contributed by atoms with van der Waals surface area (Å²) >= 11 is 0. The lowest BCUT2D eigenvalue weighted by Crippen LogP contribution is -2.13. The highest BCUT2D eigenvalue weighted by Gasteiger charge is 2.13. The summed E-state index contributed by atoms with van der Waals surface area (Å²) in [7, 11) is 0. The standard InChI is InChI=1S/C20H17FN6O3/c1-12-17(13(2)30-24-12)10-29-16-6-3-14(4-7-16)20(28)23-19-9-15(5-8-18(19)21)27-11-22-25-26-27/h3-9,11H,10H2,1-2H3,(H,23,28). The molecule has 0 aliphatic heterocycles. The largest absolute Gasteiger partial charge is 0.489 e. The second-order valence-corrected chi connectivity index (χ2v) is 6.49. The highest BCUT2D eigenvalue weighted by Crippen LogP contribution is 2.21. The molecule has 0 saturated carbocycles. The molecule has 0 radical (unpaired) electrons. The maximum atomic E-state index is 14.1. The first kappa shape index (κ1) is 19.2. The van der Waals surface area contributed by atoms with Gasteiger partial charge in [-0.2, -0.15) is 0 Å². The molecule has 2 heterocycles. The number of hydrogen-bond acceptors (Lipinski definition) is 7. The third-order valence-corrected chi connectivity index (χ3v) is 4.49. The lowest BCUT2D eigenvalue weighted by atomic mass is 10.2. The van der Waals surface area contributed by atoms with Gasteiger partial charge in [-0.15, -0.1) is 5.10 Å². The van der Waals surface area contributed by atoms with Crippen LogP contribution in [0.15, 0.2) is 53.3 Å². The van der Waals surface area contributed by atoms with Crippen molar-refractivity contribution in [3.8, 4) is 11.4 Å². The van der Waals surface area contributed by atoms with Crippen molar-refractivity contribution >= 4 is 11.6 Å². The van der Waals surface area contributed by atoms with E-state index in [2.05, 4.69) is 26.0 Å². The second-order valence-electron chi connectivity index (χ2n) is 6.49. The van der Waals surface area contributed by atoms with Crippen LogP contribution in [-0.4, -0.2) is 31.3 Å². The number of anilines is 1. The second kappa shape index (κ2) is 8.11. The van der Waals surface area contributed by atoms with Gasteiger partial charge in [0.2, 0.25) is 0 Å². The molecular weight excluding hydrogens is 391 g/mol. The van der Waals surface area contributed by atoms with Crippen molar-refractivity contribution in [2.45, 2.75) is 20.5 Å². The Bertz CT molecular complexity index is 1150.